The van der Waals surface area contributed by atoms with Crippen LogP contribution in [0, 0.1) is 0 Å². The molecule has 2 aromatic heterocycles. The minimum Gasteiger partial charge on any atom is -0.326 e. The molecule has 4 heteroatoms. The van der Waals surface area contributed by atoms with Crippen LogP contribution in [0.1, 0.15) is 11.3 Å². The van der Waals surface area contributed by atoms with Crippen molar-refractivity contribution < 1.29 is 0 Å². The van der Waals surface area contributed by atoms with Crippen molar-refractivity contribution in [1.29, 1.82) is 0 Å². The molecule has 2 rings (SSSR count). The molecule has 16 heavy (non-hydrogen) atoms. The molecule has 0 aromatic carbocycles. The highest BCUT2D eigenvalue weighted by Gasteiger charge is 1.82. The second kappa shape index (κ2) is 7.50. The molecule has 2 aromatic rings. The average Bonchev–Trinajstić information content (AvgIpc) is 2.41. The Bertz CT molecular complexity index is 335. The summed E-state index contributed by atoms with van der Waals surface area (Å²) >= 11 is 0. The second-order valence-corrected chi connectivity index (χ2v) is 3.09. The lowest BCUT2D eigenvalue weighted by molar-refractivity contribution is 0.991. The zero-order chi connectivity index (χ0) is 11.6. The molecule has 0 fully saturated rings. The number of nitrogens with two attached hydrogens (primary N) is 2. The van der Waals surface area contributed by atoms with Crippen molar-refractivity contribution in [3.05, 3.63) is 60.2 Å². The van der Waals surface area contributed by atoms with Crippen molar-refractivity contribution in [2.75, 3.05) is 0 Å². The van der Waals surface area contributed by atoms with Crippen molar-refractivity contribution in [2.24, 2.45) is 11.5 Å². The fourth-order valence-electron chi connectivity index (χ4n) is 1.04. The van der Waals surface area contributed by atoms with Gasteiger partial charge in [-0.05, 0) is 23.8 Å². The second-order valence-electron chi connectivity index (χ2n) is 3.09. The van der Waals surface area contributed by atoms with E-state index >= 15 is 0 Å². The third-order valence-corrected chi connectivity index (χ3v) is 1.89. The number of pyridine rings is 2. The Hall–Kier alpha value is -1.78. The Labute approximate surface area is 95.3 Å². The topological polar surface area (TPSA) is 77.8 Å². The molecule has 0 aliphatic rings. The summed E-state index contributed by atoms with van der Waals surface area (Å²) in [6.07, 6.45) is 5.24. The summed E-state index contributed by atoms with van der Waals surface area (Å²) in [5.41, 5.74) is 12.6. The van der Waals surface area contributed by atoms with Crippen LogP contribution >= 0.6 is 0 Å². The molecule has 4 N–H and O–H groups in total. The van der Waals surface area contributed by atoms with Gasteiger partial charge in [0.2, 0.25) is 0 Å². The van der Waals surface area contributed by atoms with Gasteiger partial charge in [0.15, 0.2) is 0 Å². The van der Waals surface area contributed by atoms with Gasteiger partial charge >= 0.3 is 0 Å². The standard InChI is InChI=1S/2C6H8N2/c7-4-6-2-1-3-8-5-6;7-5-6-3-1-2-4-8-6/h1-3,5H,4,7H2;1-4H,5,7H2. The highest BCUT2D eigenvalue weighted by Crippen LogP contribution is 1.90. The lowest BCUT2D eigenvalue weighted by Crippen LogP contribution is -1.97. The first-order valence-corrected chi connectivity index (χ1v) is 5.05. The Morgan fingerprint density at radius 1 is 0.938 bits per heavy atom. The van der Waals surface area contributed by atoms with Crippen LogP contribution in [0.4, 0.5) is 0 Å². The van der Waals surface area contributed by atoms with Crippen molar-refractivity contribution in [3.63, 3.8) is 0 Å². The van der Waals surface area contributed by atoms with Crippen molar-refractivity contribution in [1.82, 2.24) is 9.97 Å². The van der Waals surface area contributed by atoms with Gasteiger partial charge in [-0.15, -0.1) is 0 Å². The zero-order valence-electron chi connectivity index (χ0n) is 9.08. The van der Waals surface area contributed by atoms with Crippen molar-refractivity contribution >= 4 is 0 Å². The summed E-state index contributed by atoms with van der Waals surface area (Å²) in [4.78, 5) is 7.85. The normalized spacial score (nSPS) is 9.12. The SMILES string of the molecule is NCc1ccccn1.NCc1cccnc1. The van der Waals surface area contributed by atoms with Gasteiger partial charge in [-0.3, -0.25) is 9.97 Å². The van der Waals surface area contributed by atoms with Gasteiger partial charge in [0.25, 0.3) is 0 Å². The molecule has 4 nitrogen and oxygen atoms in total. The first-order valence-electron chi connectivity index (χ1n) is 5.05. The maximum Gasteiger partial charge on any atom is 0.0539 e. The molecule has 0 bridgehead atoms. The third kappa shape index (κ3) is 4.63. The molecule has 0 spiro atoms. The molecule has 0 atom stereocenters. The molecule has 0 aliphatic carbocycles. The summed E-state index contributed by atoms with van der Waals surface area (Å²) in [5, 5.41) is 0. The first kappa shape index (κ1) is 12.3. The maximum atomic E-state index is 5.31. The quantitative estimate of drug-likeness (QED) is 0.787. The Morgan fingerprint density at radius 2 is 1.81 bits per heavy atom. The van der Waals surface area contributed by atoms with Crippen LogP contribution in [0.3, 0.4) is 0 Å². The molecule has 0 saturated heterocycles. The molecule has 0 unspecified atom stereocenters. The summed E-state index contributed by atoms with van der Waals surface area (Å²) in [6.45, 7) is 1.11. The molecule has 0 radical (unpaired) electrons. The predicted octanol–water partition coefficient (Wildman–Crippen LogP) is 1.08. The highest BCUT2D eigenvalue weighted by atomic mass is 14.7. The Kier molecular flexibility index (Phi) is 5.76. The molecule has 84 valence electrons. The predicted molar refractivity (Wildman–Crippen MR) is 64.3 cm³/mol. The number of hydrogen-bond acceptors (Lipinski definition) is 4. The van der Waals surface area contributed by atoms with E-state index in [9.17, 15) is 0 Å². The number of rotatable bonds is 2. The van der Waals surface area contributed by atoms with E-state index in [2.05, 4.69) is 9.97 Å². The van der Waals surface area contributed by atoms with Crippen molar-refractivity contribution in [3.8, 4) is 0 Å². The smallest absolute Gasteiger partial charge is 0.0539 e. The third-order valence-electron chi connectivity index (χ3n) is 1.89. The van der Waals surface area contributed by atoms with Crippen LogP contribution in [0.2, 0.25) is 0 Å². The van der Waals surface area contributed by atoms with E-state index in [1.54, 1.807) is 18.6 Å². The summed E-state index contributed by atoms with van der Waals surface area (Å²) in [5.74, 6) is 0. The Balaban J connectivity index is 0.000000160. The van der Waals surface area contributed by atoms with E-state index in [-0.39, 0.29) is 0 Å². The van der Waals surface area contributed by atoms with Gasteiger partial charge in [-0.2, -0.15) is 0 Å². The van der Waals surface area contributed by atoms with Crippen LogP contribution in [0.5, 0.6) is 0 Å². The largest absolute Gasteiger partial charge is 0.326 e. The van der Waals surface area contributed by atoms with Crippen LogP contribution in [-0.4, -0.2) is 9.97 Å². The van der Waals surface area contributed by atoms with E-state index in [0.717, 1.165) is 11.3 Å². The lowest BCUT2D eigenvalue weighted by atomic mass is 10.3. The van der Waals surface area contributed by atoms with Crippen LogP contribution in [0.15, 0.2) is 48.9 Å². The van der Waals surface area contributed by atoms with Gasteiger partial charge in [0, 0.05) is 31.7 Å². The van der Waals surface area contributed by atoms with Crippen LogP contribution in [0.25, 0.3) is 0 Å². The number of aromatic nitrogens is 2. The number of nitrogens with zero attached hydrogens (tertiary/aromatic N) is 2. The van der Waals surface area contributed by atoms with Crippen LogP contribution in [-0.2, 0) is 13.1 Å². The van der Waals surface area contributed by atoms with E-state index in [1.165, 1.54) is 0 Å². The van der Waals surface area contributed by atoms with Crippen LogP contribution < -0.4 is 11.5 Å². The van der Waals surface area contributed by atoms with E-state index in [1.807, 2.05) is 30.3 Å². The van der Waals surface area contributed by atoms with E-state index in [0.29, 0.717) is 13.1 Å². The zero-order valence-corrected chi connectivity index (χ0v) is 9.08. The lowest BCUT2D eigenvalue weighted by Gasteiger charge is -1.89. The van der Waals surface area contributed by atoms with Gasteiger partial charge in [0.05, 0.1) is 5.69 Å². The summed E-state index contributed by atoms with van der Waals surface area (Å²) in [7, 11) is 0. The average molecular weight is 216 g/mol. The minimum absolute atomic E-state index is 0.529. The monoisotopic (exact) mass is 216 g/mol. The van der Waals surface area contributed by atoms with Crippen molar-refractivity contribution in [2.45, 2.75) is 13.1 Å². The fraction of sp³-hybridized carbons (Fsp3) is 0.167. The van der Waals surface area contributed by atoms with Gasteiger partial charge in [-0.1, -0.05) is 12.1 Å². The number of hydrogen-bond donors (Lipinski definition) is 2. The van der Waals surface area contributed by atoms with Gasteiger partial charge in [0.1, 0.15) is 0 Å². The van der Waals surface area contributed by atoms with Gasteiger partial charge in [-0.25, -0.2) is 0 Å². The van der Waals surface area contributed by atoms with E-state index < -0.39 is 0 Å². The molecule has 2 heterocycles. The van der Waals surface area contributed by atoms with E-state index in [4.69, 9.17) is 11.5 Å². The Morgan fingerprint density at radius 3 is 2.19 bits per heavy atom. The molecular formula is C12H16N4. The molecule has 0 aliphatic heterocycles. The first-order chi connectivity index (χ1) is 7.86. The summed E-state index contributed by atoms with van der Waals surface area (Å²) < 4.78 is 0. The molecular weight excluding hydrogens is 200 g/mol. The summed E-state index contributed by atoms with van der Waals surface area (Å²) in [6, 6.07) is 9.53. The highest BCUT2D eigenvalue weighted by molar-refractivity contribution is 5.07. The molecule has 0 saturated carbocycles. The molecule has 0 amide bonds. The minimum atomic E-state index is 0.529. The fourth-order valence-corrected chi connectivity index (χ4v) is 1.04. The maximum absolute atomic E-state index is 5.31. The van der Waals surface area contributed by atoms with Gasteiger partial charge < -0.3 is 11.5 Å².